The largest absolute Gasteiger partial charge is 0.487 e. The molecule has 0 saturated carbocycles. The van der Waals surface area contributed by atoms with Gasteiger partial charge in [0.1, 0.15) is 12.4 Å². The summed E-state index contributed by atoms with van der Waals surface area (Å²) in [5, 5.41) is 5.81. The fraction of sp³-hybridized carbons (Fsp3) is 0.174. The van der Waals surface area contributed by atoms with Crippen LogP contribution < -0.4 is 15.7 Å². The van der Waals surface area contributed by atoms with Gasteiger partial charge in [0.05, 0.1) is 21.7 Å². The molecule has 158 valence electrons. The minimum atomic E-state index is -0.273. The third-order valence-electron chi connectivity index (χ3n) is 4.91. The molecule has 1 N–H and O–H groups in total. The third kappa shape index (κ3) is 4.44. The first kappa shape index (κ1) is 20.6. The molecule has 0 spiro atoms. The molecule has 0 fully saturated rings. The molecule has 0 aliphatic carbocycles. The number of carbonyl (C=O) groups is 1. The van der Waals surface area contributed by atoms with Crippen LogP contribution in [0.5, 0.6) is 5.75 Å². The highest BCUT2D eigenvalue weighted by molar-refractivity contribution is 7.09. The number of rotatable bonds is 6. The van der Waals surface area contributed by atoms with Crippen LogP contribution in [0.2, 0.25) is 0 Å². The average molecular weight is 435 g/mol. The molecule has 0 bridgehead atoms. The van der Waals surface area contributed by atoms with Gasteiger partial charge in [-0.05, 0) is 37.3 Å². The van der Waals surface area contributed by atoms with Crippen molar-refractivity contribution in [3.8, 4) is 5.75 Å². The molecule has 31 heavy (non-hydrogen) atoms. The predicted molar refractivity (Wildman–Crippen MR) is 123 cm³/mol. The van der Waals surface area contributed by atoms with E-state index in [9.17, 15) is 9.59 Å². The summed E-state index contributed by atoms with van der Waals surface area (Å²) in [5.74, 6) is 0.406. The lowest BCUT2D eigenvalue weighted by Gasteiger charge is -2.08. The van der Waals surface area contributed by atoms with Crippen LogP contribution in [-0.2, 0) is 25.5 Å². The number of nitrogens with zero attached hydrogens (tertiary/aromatic N) is 3. The molecule has 4 rings (SSSR count). The third-order valence-corrected chi connectivity index (χ3v) is 5.74. The summed E-state index contributed by atoms with van der Waals surface area (Å²) in [5.41, 5.74) is 3.75. The molecular formula is C23H22N4O3S. The van der Waals surface area contributed by atoms with Gasteiger partial charge in [0, 0.05) is 36.8 Å². The van der Waals surface area contributed by atoms with E-state index in [0.29, 0.717) is 18.0 Å². The molecule has 1 amide bonds. The van der Waals surface area contributed by atoms with Crippen molar-refractivity contribution >= 4 is 40.0 Å². The predicted octanol–water partition coefficient (Wildman–Crippen LogP) is 3.87. The zero-order chi connectivity index (χ0) is 22.0. The number of ether oxygens (including phenoxy) is 1. The van der Waals surface area contributed by atoms with Crippen LogP contribution in [0.25, 0.3) is 17.1 Å². The summed E-state index contributed by atoms with van der Waals surface area (Å²) >= 11 is 1.58. The molecule has 4 aromatic rings. The second-order valence-corrected chi connectivity index (χ2v) is 8.17. The minimum absolute atomic E-state index is 0.109. The van der Waals surface area contributed by atoms with Crippen molar-refractivity contribution in [2.75, 3.05) is 5.32 Å². The molecule has 0 atom stereocenters. The number of hydrogen-bond acceptors (Lipinski definition) is 5. The van der Waals surface area contributed by atoms with Crippen LogP contribution in [0.4, 0.5) is 5.69 Å². The van der Waals surface area contributed by atoms with Crippen LogP contribution in [0.3, 0.4) is 0 Å². The number of fused-ring (bicyclic) bond motifs is 1. The zero-order valence-corrected chi connectivity index (χ0v) is 18.3. The average Bonchev–Trinajstić information content (AvgIpc) is 3.28. The monoisotopic (exact) mass is 434 g/mol. The van der Waals surface area contributed by atoms with Gasteiger partial charge in [0.15, 0.2) is 0 Å². The summed E-state index contributed by atoms with van der Waals surface area (Å²) in [6, 6.07) is 12.9. The van der Waals surface area contributed by atoms with Gasteiger partial charge in [0.25, 0.3) is 0 Å². The first-order valence-electron chi connectivity index (χ1n) is 9.70. The van der Waals surface area contributed by atoms with Crippen molar-refractivity contribution in [3.63, 3.8) is 0 Å². The van der Waals surface area contributed by atoms with Crippen LogP contribution in [0.15, 0.2) is 58.7 Å². The lowest BCUT2D eigenvalue weighted by atomic mass is 10.2. The van der Waals surface area contributed by atoms with E-state index in [4.69, 9.17) is 4.74 Å². The standard InChI is InChI=1S/C23H22N4O3S/c1-15-24-18(14-31-15)13-30-21-7-5-4-6-16(21)8-11-22(28)25-17-9-10-19-20(12-17)27(3)23(29)26(19)2/h4-12,14H,13H2,1-3H3,(H,25,28)/b11-8+. The number of anilines is 1. The van der Waals surface area contributed by atoms with Gasteiger partial charge in [0.2, 0.25) is 5.91 Å². The maximum absolute atomic E-state index is 12.5. The Hall–Kier alpha value is -3.65. The van der Waals surface area contributed by atoms with Crippen molar-refractivity contribution in [1.82, 2.24) is 14.1 Å². The molecule has 0 unspecified atom stereocenters. The van der Waals surface area contributed by atoms with Gasteiger partial charge in [-0.25, -0.2) is 9.78 Å². The Morgan fingerprint density at radius 3 is 2.71 bits per heavy atom. The number of nitrogens with one attached hydrogen (secondary N) is 1. The van der Waals surface area contributed by atoms with Crippen molar-refractivity contribution in [1.29, 1.82) is 0 Å². The molecule has 7 nitrogen and oxygen atoms in total. The molecule has 0 radical (unpaired) electrons. The number of benzene rings is 2. The van der Waals surface area contributed by atoms with Crippen molar-refractivity contribution < 1.29 is 9.53 Å². The van der Waals surface area contributed by atoms with Gasteiger partial charge >= 0.3 is 5.69 Å². The van der Waals surface area contributed by atoms with Crippen LogP contribution in [0, 0.1) is 6.92 Å². The van der Waals surface area contributed by atoms with Crippen LogP contribution >= 0.6 is 11.3 Å². The number of amides is 1. The fourth-order valence-electron chi connectivity index (χ4n) is 3.31. The van der Waals surface area contributed by atoms with E-state index in [-0.39, 0.29) is 11.6 Å². The Labute approximate surface area is 183 Å². The van der Waals surface area contributed by atoms with Crippen molar-refractivity contribution in [2.24, 2.45) is 14.1 Å². The Morgan fingerprint density at radius 2 is 1.94 bits per heavy atom. The van der Waals surface area contributed by atoms with E-state index in [1.807, 2.05) is 42.6 Å². The smallest absolute Gasteiger partial charge is 0.328 e. The molecule has 0 saturated heterocycles. The number of para-hydroxylation sites is 1. The lowest BCUT2D eigenvalue weighted by molar-refractivity contribution is -0.111. The number of imidazole rings is 1. The van der Waals surface area contributed by atoms with Gasteiger partial charge in [-0.1, -0.05) is 18.2 Å². The molecule has 2 aromatic carbocycles. The van der Waals surface area contributed by atoms with Crippen LogP contribution in [-0.4, -0.2) is 20.0 Å². The first-order valence-corrected chi connectivity index (χ1v) is 10.6. The zero-order valence-electron chi connectivity index (χ0n) is 17.5. The maximum Gasteiger partial charge on any atom is 0.328 e. The SMILES string of the molecule is Cc1nc(COc2ccccc2/C=C/C(=O)Nc2ccc3c(c2)n(C)c(=O)n3C)cs1. The van der Waals surface area contributed by atoms with E-state index in [1.54, 1.807) is 52.8 Å². The number of aromatic nitrogens is 3. The summed E-state index contributed by atoms with van der Waals surface area (Å²) < 4.78 is 9.02. The molecule has 2 heterocycles. The minimum Gasteiger partial charge on any atom is -0.487 e. The molecule has 8 heteroatoms. The first-order chi connectivity index (χ1) is 14.9. The summed E-state index contributed by atoms with van der Waals surface area (Å²) in [6.07, 6.45) is 3.18. The highest BCUT2D eigenvalue weighted by atomic mass is 32.1. The van der Waals surface area contributed by atoms with E-state index in [0.717, 1.165) is 27.3 Å². The summed E-state index contributed by atoms with van der Waals surface area (Å²) in [6.45, 7) is 2.33. The Bertz CT molecular complexity index is 1350. The quantitative estimate of drug-likeness (QED) is 0.467. The van der Waals surface area contributed by atoms with Gasteiger partial charge in [-0.2, -0.15) is 0 Å². The summed E-state index contributed by atoms with van der Waals surface area (Å²) in [4.78, 5) is 28.9. The molecule has 0 aliphatic rings. The Kier molecular flexibility index (Phi) is 5.73. The van der Waals surface area contributed by atoms with E-state index in [1.165, 1.54) is 6.08 Å². The molecule has 2 aromatic heterocycles. The second kappa shape index (κ2) is 8.61. The fourth-order valence-corrected chi connectivity index (χ4v) is 3.91. The highest BCUT2D eigenvalue weighted by Gasteiger charge is 2.09. The molecule has 0 aliphatic heterocycles. The topological polar surface area (TPSA) is 78.2 Å². The Morgan fingerprint density at radius 1 is 1.16 bits per heavy atom. The number of aryl methyl sites for hydroxylation is 3. The highest BCUT2D eigenvalue weighted by Crippen LogP contribution is 2.22. The van der Waals surface area contributed by atoms with Crippen molar-refractivity contribution in [3.05, 3.63) is 80.7 Å². The normalized spacial score (nSPS) is 11.3. The summed E-state index contributed by atoms with van der Waals surface area (Å²) in [7, 11) is 3.43. The number of carbonyl (C=O) groups excluding carboxylic acids is 1. The van der Waals surface area contributed by atoms with Gasteiger partial charge < -0.3 is 10.1 Å². The maximum atomic E-state index is 12.5. The van der Waals surface area contributed by atoms with Gasteiger partial charge in [-0.3, -0.25) is 13.9 Å². The second-order valence-electron chi connectivity index (χ2n) is 7.11. The van der Waals surface area contributed by atoms with Crippen molar-refractivity contribution in [2.45, 2.75) is 13.5 Å². The van der Waals surface area contributed by atoms with E-state index >= 15 is 0 Å². The lowest BCUT2D eigenvalue weighted by Crippen LogP contribution is -2.19. The van der Waals surface area contributed by atoms with Crippen LogP contribution in [0.1, 0.15) is 16.3 Å². The number of hydrogen-bond donors (Lipinski definition) is 1. The molecular weight excluding hydrogens is 412 g/mol. The van der Waals surface area contributed by atoms with Gasteiger partial charge in [-0.15, -0.1) is 11.3 Å². The van der Waals surface area contributed by atoms with E-state index < -0.39 is 0 Å². The Balaban J connectivity index is 1.46. The van der Waals surface area contributed by atoms with E-state index in [2.05, 4.69) is 10.3 Å². The number of thiazole rings is 1.